The van der Waals surface area contributed by atoms with Crippen LogP contribution in [0.2, 0.25) is 0 Å². The predicted octanol–water partition coefficient (Wildman–Crippen LogP) is 2.12. The smallest absolute Gasteiger partial charge is 0.349 e. The van der Waals surface area contributed by atoms with Gasteiger partial charge < -0.3 is 9.64 Å². The maximum atomic E-state index is 13.2. The molecule has 2 saturated heterocycles. The highest BCUT2D eigenvalue weighted by Crippen LogP contribution is 2.28. The molecule has 1 unspecified atom stereocenters. The van der Waals surface area contributed by atoms with Gasteiger partial charge in [-0.15, -0.1) is 0 Å². The number of hydrazone groups is 1. The van der Waals surface area contributed by atoms with Crippen LogP contribution in [0.1, 0.15) is 37.3 Å². The molecule has 2 fully saturated rings. The van der Waals surface area contributed by atoms with Crippen molar-refractivity contribution in [1.29, 1.82) is 0 Å². The Morgan fingerprint density at radius 3 is 2.67 bits per heavy atom. The summed E-state index contributed by atoms with van der Waals surface area (Å²) in [6.45, 7) is 8.23. The zero-order valence-electron chi connectivity index (χ0n) is 18.1. The van der Waals surface area contributed by atoms with E-state index < -0.39 is 0 Å². The molecule has 3 aliphatic heterocycles. The van der Waals surface area contributed by atoms with Gasteiger partial charge in [0.1, 0.15) is 12.3 Å². The number of nitrogens with zero attached hydrogens (tertiary/aromatic N) is 5. The van der Waals surface area contributed by atoms with E-state index in [1.807, 2.05) is 25.1 Å². The van der Waals surface area contributed by atoms with E-state index in [0.29, 0.717) is 13.0 Å². The number of rotatable bonds is 5. The number of urea groups is 1. The van der Waals surface area contributed by atoms with Crippen LogP contribution in [0.25, 0.3) is 0 Å². The van der Waals surface area contributed by atoms with Crippen LogP contribution >= 0.6 is 0 Å². The Hall–Kier alpha value is -2.45. The fourth-order valence-corrected chi connectivity index (χ4v) is 4.36. The zero-order chi connectivity index (χ0) is 21.3. The lowest BCUT2D eigenvalue weighted by molar-refractivity contribution is -0.130. The second kappa shape index (κ2) is 8.73. The van der Waals surface area contributed by atoms with Gasteiger partial charge in [0.25, 0.3) is 5.91 Å². The lowest BCUT2D eigenvalue weighted by atomic mass is 10.0. The first-order valence-electron chi connectivity index (χ1n) is 10.9. The van der Waals surface area contributed by atoms with E-state index in [2.05, 4.69) is 28.9 Å². The number of carbonyl (C=O) groups is 2. The molecule has 4 rings (SSSR count). The first-order chi connectivity index (χ1) is 14.5. The minimum absolute atomic E-state index is 0.00164. The number of fused-ring (bicyclic) bond motifs is 1. The number of hydrogen-bond donors (Lipinski definition) is 0. The fraction of sp³-hybridized carbons (Fsp3) is 0.591. The Kier molecular flexibility index (Phi) is 6.06. The van der Waals surface area contributed by atoms with Crippen molar-refractivity contribution in [2.75, 3.05) is 46.4 Å². The van der Waals surface area contributed by atoms with Gasteiger partial charge in [-0.3, -0.25) is 9.69 Å². The van der Waals surface area contributed by atoms with E-state index in [-0.39, 0.29) is 24.6 Å². The fourth-order valence-electron chi connectivity index (χ4n) is 4.36. The van der Waals surface area contributed by atoms with Gasteiger partial charge in [-0.05, 0) is 38.1 Å². The molecule has 162 valence electrons. The van der Waals surface area contributed by atoms with Gasteiger partial charge in [-0.1, -0.05) is 19.4 Å². The lowest BCUT2D eigenvalue weighted by Crippen LogP contribution is -2.56. The number of carbonyl (C=O) groups excluding carboxylic acids is 2. The van der Waals surface area contributed by atoms with E-state index in [4.69, 9.17) is 4.74 Å². The predicted molar refractivity (Wildman–Crippen MR) is 115 cm³/mol. The van der Waals surface area contributed by atoms with Gasteiger partial charge in [0, 0.05) is 38.2 Å². The molecule has 8 heteroatoms. The van der Waals surface area contributed by atoms with Crippen LogP contribution in [-0.2, 0) is 4.79 Å². The van der Waals surface area contributed by atoms with Crippen LogP contribution in [0.3, 0.4) is 0 Å². The van der Waals surface area contributed by atoms with E-state index in [1.54, 1.807) is 0 Å². The largest absolute Gasteiger partial charge is 0.492 e. The topological polar surface area (TPSA) is 68.7 Å². The minimum atomic E-state index is -0.315. The third kappa shape index (κ3) is 4.06. The SMILES string of the molecule is CCCC(N1CCN(C)CC1)N1C(=O)CN(/N=C2\CCOc3cc(C)ccc32)C1=O. The van der Waals surface area contributed by atoms with Crippen molar-refractivity contribution in [3.63, 3.8) is 0 Å². The molecule has 0 aromatic heterocycles. The highest BCUT2D eigenvalue weighted by molar-refractivity contribution is 6.06. The molecule has 0 radical (unpaired) electrons. The molecule has 0 aliphatic carbocycles. The summed E-state index contributed by atoms with van der Waals surface area (Å²) in [6.07, 6.45) is 2.11. The third-order valence-electron chi connectivity index (χ3n) is 6.07. The van der Waals surface area contributed by atoms with Gasteiger partial charge in [0.15, 0.2) is 0 Å². The van der Waals surface area contributed by atoms with Crippen LogP contribution in [0.4, 0.5) is 4.79 Å². The van der Waals surface area contributed by atoms with Gasteiger partial charge in [0.05, 0.1) is 18.5 Å². The monoisotopic (exact) mass is 413 g/mol. The number of ether oxygens (including phenoxy) is 1. The van der Waals surface area contributed by atoms with Crippen molar-refractivity contribution in [2.45, 2.75) is 39.3 Å². The van der Waals surface area contributed by atoms with E-state index in [1.165, 1.54) is 9.91 Å². The molecule has 3 amide bonds. The average molecular weight is 414 g/mol. The van der Waals surface area contributed by atoms with Crippen LogP contribution in [0.15, 0.2) is 23.3 Å². The molecule has 3 aliphatic rings. The minimum Gasteiger partial charge on any atom is -0.492 e. The van der Waals surface area contributed by atoms with Crippen molar-refractivity contribution in [2.24, 2.45) is 5.10 Å². The van der Waals surface area contributed by atoms with Crippen molar-refractivity contribution in [3.8, 4) is 5.75 Å². The molecule has 0 saturated carbocycles. The average Bonchev–Trinajstić information content (AvgIpc) is 3.00. The second-order valence-electron chi connectivity index (χ2n) is 8.36. The molecular formula is C22H31N5O3. The molecule has 0 spiro atoms. The van der Waals surface area contributed by atoms with Gasteiger partial charge in [0.2, 0.25) is 0 Å². The Morgan fingerprint density at radius 2 is 1.93 bits per heavy atom. The molecule has 1 aromatic rings. The van der Waals surface area contributed by atoms with Crippen molar-refractivity contribution in [3.05, 3.63) is 29.3 Å². The number of imide groups is 1. The normalized spacial score (nSPS) is 23.1. The number of aryl methyl sites for hydroxylation is 1. The Labute approximate surface area is 178 Å². The summed E-state index contributed by atoms with van der Waals surface area (Å²) in [5.74, 6) is 0.619. The quantitative estimate of drug-likeness (QED) is 0.692. The molecule has 8 nitrogen and oxygen atoms in total. The van der Waals surface area contributed by atoms with E-state index in [9.17, 15) is 9.59 Å². The molecule has 0 bridgehead atoms. The second-order valence-corrected chi connectivity index (χ2v) is 8.36. The van der Waals surface area contributed by atoms with Crippen molar-refractivity contribution >= 4 is 17.6 Å². The van der Waals surface area contributed by atoms with E-state index in [0.717, 1.165) is 61.6 Å². The summed E-state index contributed by atoms with van der Waals surface area (Å²) >= 11 is 0. The van der Waals surface area contributed by atoms with Crippen LogP contribution in [0, 0.1) is 6.92 Å². The molecule has 30 heavy (non-hydrogen) atoms. The lowest BCUT2D eigenvalue weighted by Gasteiger charge is -2.40. The molecule has 1 aromatic carbocycles. The summed E-state index contributed by atoms with van der Waals surface area (Å²) in [4.78, 5) is 32.1. The van der Waals surface area contributed by atoms with Gasteiger partial charge in [-0.2, -0.15) is 5.10 Å². The summed E-state index contributed by atoms with van der Waals surface area (Å²) < 4.78 is 5.75. The Balaban J connectivity index is 1.56. The highest BCUT2D eigenvalue weighted by atomic mass is 16.5. The maximum Gasteiger partial charge on any atom is 0.349 e. The number of piperazine rings is 1. The third-order valence-corrected chi connectivity index (χ3v) is 6.07. The summed E-state index contributed by atoms with van der Waals surface area (Å²) in [5, 5.41) is 5.96. The molecule has 3 heterocycles. The highest BCUT2D eigenvalue weighted by Gasteiger charge is 2.43. The van der Waals surface area contributed by atoms with E-state index >= 15 is 0 Å². The molecule has 0 N–H and O–H groups in total. The number of likely N-dealkylation sites (N-methyl/N-ethyl adjacent to an activating group) is 1. The number of hydrogen-bond acceptors (Lipinski definition) is 6. The summed E-state index contributed by atoms with van der Waals surface area (Å²) in [7, 11) is 2.10. The van der Waals surface area contributed by atoms with Crippen molar-refractivity contribution in [1.82, 2.24) is 19.7 Å². The van der Waals surface area contributed by atoms with Crippen LogP contribution < -0.4 is 4.74 Å². The first kappa shape index (κ1) is 20.8. The first-order valence-corrected chi connectivity index (χ1v) is 10.9. The number of benzene rings is 1. The van der Waals surface area contributed by atoms with Gasteiger partial charge >= 0.3 is 6.03 Å². The Morgan fingerprint density at radius 1 is 1.17 bits per heavy atom. The Bertz CT molecular complexity index is 847. The summed E-state index contributed by atoms with van der Waals surface area (Å²) in [6, 6.07) is 5.66. The zero-order valence-corrected chi connectivity index (χ0v) is 18.1. The standard InChI is InChI=1S/C22H31N5O3/c1-4-5-20(25-11-9-24(3)10-12-25)27-21(28)15-26(22(27)29)23-18-8-13-30-19-14-16(2)6-7-17(18)19/h6-7,14,20H,4-5,8-13,15H2,1-3H3/b23-18+. The molecular weight excluding hydrogens is 382 g/mol. The van der Waals surface area contributed by atoms with Crippen LogP contribution in [0.5, 0.6) is 5.75 Å². The van der Waals surface area contributed by atoms with Crippen molar-refractivity contribution < 1.29 is 14.3 Å². The summed E-state index contributed by atoms with van der Waals surface area (Å²) in [5.41, 5.74) is 2.81. The molecule has 1 atom stereocenters. The number of amides is 3. The van der Waals surface area contributed by atoms with Gasteiger partial charge in [-0.25, -0.2) is 14.7 Å². The van der Waals surface area contributed by atoms with Crippen LogP contribution in [-0.4, -0.2) is 89.9 Å². The maximum absolute atomic E-state index is 13.2.